The molecule has 0 saturated carbocycles. The molecule has 3 aromatic rings. The van der Waals surface area contributed by atoms with Crippen LogP contribution in [0.3, 0.4) is 0 Å². The Kier molecular flexibility index (Phi) is 5.62. The Balaban J connectivity index is 2.09. The van der Waals surface area contributed by atoms with Crippen molar-refractivity contribution in [3.63, 3.8) is 0 Å². The molecule has 0 spiro atoms. The van der Waals surface area contributed by atoms with Crippen LogP contribution in [0.15, 0.2) is 57.1 Å². The summed E-state index contributed by atoms with van der Waals surface area (Å²) in [5.41, 5.74) is 0.771. The van der Waals surface area contributed by atoms with Gasteiger partial charge in [-0.1, -0.05) is 53.0 Å². The van der Waals surface area contributed by atoms with E-state index in [1.165, 1.54) is 10.6 Å². The van der Waals surface area contributed by atoms with E-state index in [2.05, 4.69) is 0 Å². The van der Waals surface area contributed by atoms with E-state index in [1.54, 1.807) is 30.3 Å². The van der Waals surface area contributed by atoms with Crippen LogP contribution in [0, 0.1) is 0 Å². The average Bonchev–Trinajstić information content (AvgIpc) is 2.71. The van der Waals surface area contributed by atoms with Gasteiger partial charge in [0, 0.05) is 16.9 Å². The zero-order valence-corrected chi connectivity index (χ0v) is 18.6. The van der Waals surface area contributed by atoms with E-state index in [9.17, 15) is 18.3 Å². The van der Waals surface area contributed by atoms with Gasteiger partial charge in [0.25, 0.3) is 5.56 Å². The fourth-order valence-corrected chi connectivity index (χ4v) is 6.19. The van der Waals surface area contributed by atoms with Gasteiger partial charge in [-0.25, -0.2) is 8.42 Å². The predicted molar refractivity (Wildman–Crippen MR) is 117 cm³/mol. The predicted octanol–water partition coefficient (Wildman–Crippen LogP) is 5.21. The molecule has 0 amide bonds. The number of pyridine rings is 1. The monoisotopic (exact) mass is 483 g/mol. The number of benzene rings is 2. The van der Waals surface area contributed by atoms with E-state index in [0.717, 1.165) is 18.9 Å². The van der Waals surface area contributed by atoms with Crippen molar-refractivity contribution in [2.45, 2.75) is 35.5 Å². The SMILES string of the molecule is O=c1c(S(=O)(=O)c2cc(Cl)c(Cl)cc2Cl)c(O)c2c(n1-c1ccccc1)CCCC2. The lowest BCUT2D eigenvalue weighted by Gasteiger charge is -2.24. The van der Waals surface area contributed by atoms with Crippen LogP contribution in [-0.4, -0.2) is 18.1 Å². The second-order valence-corrected chi connectivity index (χ2v) is 10.1. The van der Waals surface area contributed by atoms with Crippen LogP contribution in [0.4, 0.5) is 0 Å². The summed E-state index contributed by atoms with van der Waals surface area (Å²) >= 11 is 18.0. The minimum absolute atomic E-state index is 0.0273. The smallest absolute Gasteiger partial charge is 0.278 e. The standard InChI is InChI=1S/C21H16Cl3NO4S/c22-14-10-16(24)18(11-15(14)23)30(28,29)20-19(26)13-8-4-5-9-17(13)25(21(20)27)12-6-2-1-3-7-12/h1-3,6-7,10-11,26H,4-5,8-9H2. The minimum atomic E-state index is -4.49. The highest BCUT2D eigenvalue weighted by molar-refractivity contribution is 7.91. The molecule has 156 valence electrons. The topological polar surface area (TPSA) is 76.4 Å². The number of sulfone groups is 1. The van der Waals surface area contributed by atoms with Crippen LogP contribution in [0.2, 0.25) is 15.1 Å². The Labute approximate surface area is 188 Å². The van der Waals surface area contributed by atoms with Crippen LogP contribution >= 0.6 is 34.8 Å². The summed E-state index contributed by atoms with van der Waals surface area (Å²) in [7, 11) is -4.49. The highest BCUT2D eigenvalue weighted by Gasteiger charge is 2.34. The van der Waals surface area contributed by atoms with Crippen molar-refractivity contribution in [3.05, 3.63) is 79.1 Å². The molecular weight excluding hydrogens is 469 g/mol. The zero-order valence-electron chi connectivity index (χ0n) is 15.5. The van der Waals surface area contributed by atoms with Crippen molar-refractivity contribution in [2.24, 2.45) is 0 Å². The summed E-state index contributed by atoms with van der Waals surface area (Å²) in [5, 5.41) is 10.8. The van der Waals surface area contributed by atoms with Crippen molar-refractivity contribution in [1.29, 1.82) is 0 Å². The van der Waals surface area contributed by atoms with E-state index in [0.29, 0.717) is 29.8 Å². The first-order valence-corrected chi connectivity index (χ1v) is 11.8. The molecule has 1 aromatic heterocycles. The molecule has 30 heavy (non-hydrogen) atoms. The van der Waals surface area contributed by atoms with Crippen molar-refractivity contribution < 1.29 is 13.5 Å². The number of aromatic hydroxyl groups is 1. The molecule has 0 aliphatic heterocycles. The molecule has 0 atom stereocenters. The summed E-state index contributed by atoms with van der Waals surface area (Å²) in [5.74, 6) is -0.524. The van der Waals surface area contributed by atoms with Gasteiger partial charge in [-0.2, -0.15) is 0 Å². The number of aromatic nitrogens is 1. The van der Waals surface area contributed by atoms with Crippen LogP contribution in [0.5, 0.6) is 5.75 Å². The number of hydrogen-bond acceptors (Lipinski definition) is 4. The van der Waals surface area contributed by atoms with Crippen molar-refractivity contribution in [3.8, 4) is 11.4 Å². The normalized spacial score (nSPS) is 13.8. The van der Waals surface area contributed by atoms with Crippen LogP contribution in [0.25, 0.3) is 5.69 Å². The second kappa shape index (κ2) is 7.93. The molecule has 9 heteroatoms. The first-order chi connectivity index (χ1) is 14.2. The first kappa shape index (κ1) is 21.2. The van der Waals surface area contributed by atoms with E-state index < -0.39 is 26.0 Å². The van der Waals surface area contributed by atoms with Crippen LogP contribution in [0.1, 0.15) is 24.1 Å². The second-order valence-electron chi connectivity index (χ2n) is 6.99. The molecule has 4 rings (SSSR count). The number of nitrogens with zero attached hydrogens (tertiary/aromatic N) is 1. The number of hydrogen-bond donors (Lipinski definition) is 1. The number of halogens is 3. The van der Waals surface area contributed by atoms with Gasteiger partial charge in [0.2, 0.25) is 9.84 Å². The fourth-order valence-electron chi connectivity index (χ4n) is 3.77. The van der Waals surface area contributed by atoms with Gasteiger partial charge in [-0.3, -0.25) is 9.36 Å². The summed E-state index contributed by atoms with van der Waals surface area (Å²) < 4.78 is 28.3. The third-order valence-electron chi connectivity index (χ3n) is 5.15. The van der Waals surface area contributed by atoms with E-state index in [4.69, 9.17) is 34.8 Å². The van der Waals surface area contributed by atoms with Gasteiger partial charge >= 0.3 is 0 Å². The molecule has 1 heterocycles. The lowest BCUT2D eigenvalue weighted by Crippen LogP contribution is -2.30. The van der Waals surface area contributed by atoms with Crippen LogP contribution in [-0.2, 0) is 22.7 Å². The maximum Gasteiger partial charge on any atom is 0.278 e. The van der Waals surface area contributed by atoms with Crippen molar-refractivity contribution >= 4 is 44.6 Å². The van der Waals surface area contributed by atoms with Gasteiger partial charge in [0.05, 0.1) is 20.0 Å². The lowest BCUT2D eigenvalue weighted by atomic mass is 9.94. The Morgan fingerprint density at radius 1 is 0.900 bits per heavy atom. The molecule has 0 unspecified atom stereocenters. The molecule has 5 nitrogen and oxygen atoms in total. The summed E-state index contributed by atoms with van der Waals surface area (Å²) in [6.45, 7) is 0. The molecule has 1 aliphatic rings. The third kappa shape index (κ3) is 3.42. The largest absolute Gasteiger partial charge is 0.506 e. The highest BCUT2D eigenvalue weighted by Crippen LogP contribution is 2.39. The molecule has 0 fully saturated rings. The summed E-state index contributed by atoms with van der Waals surface area (Å²) in [6.07, 6.45) is 2.64. The molecule has 2 aromatic carbocycles. The highest BCUT2D eigenvalue weighted by atomic mass is 35.5. The van der Waals surface area contributed by atoms with Gasteiger partial charge in [-0.15, -0.1) is 0 Å². The van der Waals surface area contributed by atoms with E-state index in [1.807, 2.05) is 0 Å². The molecule has 0 bridgehead atoms. The summed E-state index contributed by atoms with van der Waals surface area (Å²) in [4.78, 5) is 12.4. The van der Waals surface area contributed by atoms with Gasteiger partial charge in [0.15, 0.2) is 4.90 Å². The van der Waals surface area contributed by atoms with Crippen molar-refractivity contribution in [2.75, 3.05) is 0 Å². The van der Waals surface area contributed by atoms with E-state index in [-0.39, 0.29) is 20.0 Å². The Morgan fingerprint density at radius 3 is 2.23 bits per heavy atom. The molecule has 0 radical (unpaired) electrons. The molecule has 0 saturated heterocycles. The van der Waals surface area contributed by atoms with E-state index >= 15 is 0 Å². The van der Waals surface area contributed by atoms with Crippen molar-refractivity contribution in [1.82, 2.24) is 4.57 Å². The Morgan fingerprint density at radius 2 is 1.53 bits per heavy atom. The first-order valence-electron chi connectivity index (χ1n) is 9.18. The Bertz CT molecular complexity index is 1320. The lowest BCUT2D eigenvalue weighted by molar-refractivity contribution is 0.437. The minimum Gasteiger partial charge on any atom is -0.506 e. The third-order valence-corrected chi connectivity index (χ3v) is 8.12. The maximum absolute atomic E-state index is 13.5. The number of rotatable bonds is 3. The fraction of sp³-hybridized carbons (Fsp3) is 0.190. The van der Waals surface area contributed by atoms with Gasteiger partial charge < -0.3 is 5.11 Å². The van der Waals surface area contributed by atoms with Gasteiger partial charge in [-0.05, 0) is 49.9 Å². The molecular formula is C21H16Cl3NO4S. The quantitative estimate of drug-likeness (QED) is 0.517. The zero-order chi connectivity index (χ0) is 21.6. The summed E-state index contributed by atoms with van der Waals surface area (Å²) in [6, 6.07) is 11.0. The van der Waals surface area contributed by atoms with Gasteiger partial charge in [0.1, 0.15) is 5.75 Å². The average molecular weight is 485 g/mol. The maximum atomic E-state index is 13.5. The Hall–Kier alpha value is -1.99. The number of para-hydroxylation sites is 1. The molecule has 1 N–H and O–H groups in total. The molecule has 1 aliphatic carbocycles. The van der Waals surface area contributed by atoms with Crippen LogP contribution < -0.4 is 5.56 Å². The number of fused-ring (bicyclic) bond motifs is 1.